The van der Waals surface area contributed by atoms with Gasteiger partial charge < -0.3 is 0 Å². The van der Waals surface area contributed by atoms with Crippen LogP contribution >= 0.6 is 9.39 Å². The fourth-order valence-corrected chi connectivity index (χ4v) is 2.52. The van der Waals surface area contributed by atoms with Crippen LogP contribution in [0.2, 0.25) is 0 Å². The van der Waals surface area contributed by atoms with Crippen LogP contribution in [0, 0.1) is 0 Å². The van der Waals surface area contributed by atoms with Gasteiger partial charge in [0.2, 0.25) is 0 Å². The molecule has 3 unspecified atom stereocenters. The van der Waals surface area contributed by atoms with E-state index in [-0.39, 0.29) is 24.1 Å². The molecule has 0 spiro atoms. The molecule has 0 saturated carbocycles. The van der Waals surface area contributed by atoms with Crippen LogP contribution < -0.4 is 5.09 Å². The number of rotatable bonds is 5. The van der Waals surface area contributed by atoms with Gasteiger partial charge in [-0.15, -0.1) is 0 Å². The van der Waals surface area contributed by atoms with E-state index in [1.165, 1.54) is 5.01 Å². The van der Waals surface area contributed by atoms with E-state index in [0.717, 1.165) is 12.7 Å². The maximum absolute atomic E-state index is 12.0. The maximum Gasteiger partial charge on any atom is 0.260 e. The van der Waals surface area contributed by atoms with Gasteiger partial charge in [-0.2, -0.15) is 5.10 Å². The zero-order chi connectivity index (χ0) is 13.1. The number of amides is 1. The second kappa shape index (κ2) is 5.89. The van der Waals surface area contributed by atoms with E-state index in [1.54, 1.807) is 6.21 Å². The quantitative estimate of drug-likeness (QED) is 0.705. The van der Waals surface area contributed by atoms with E-state index >= 15 is 0 Å². The monoisotopic (exact) mass is 279 g/mol. The summed E-state index contributed by atoms with van der Waals surface area (Å²) < 4.78 is 22.1. The summed E-state index contributed by atoms with van der Waals surface area (Å²) in [6.07, 6.45) is 3.84. The first-order valence-electron chi connectivity index (χ1n) is 5.34. The number of sulfone groups is 1. The molecule has 0 fully saturated rings. The first-order valence-corrected chi connectivity index (χ1v) is 7.98. The summed E-state index contributed by atoms with van der Waals surface area (Å²) in [7, 11) is -0.806. The molecule has 0 aromatic rings. The van der Waals surface area contributed by atoms with Crippen molar-refractivity contribution in [1.82, 2.24) is 10.1 Å². The minimum atomic E-state index is -3.06. The van der Waals surface area contributed by atoms with Gasteiger partial charge in [0.25, 0.3) is 5.91 Å². The molecular formula is C9H18N3O3PS. The van der Waals surface area contributed by atoms with Crippen LogP contribution in [-0.4, -0.2) is 49.6 Å². The smallest absolute Gasteiger partial charge is 0.260 e. The lowest BCUT2D eigenvalue weighted by Crippen LogP contribution is -2.44. The molecule has 1 N–H and O–H groups in total. The van der Waals surface area contributed by atoms with Crippen molar-refractivity contribution in [2.75, 3.05) is 12.0 Å². The van der Waals surface area contributed by atoms with E-state index < -0.39 is 15.9 Å². The van der Waals surface area contributed by atoms with Crippen LogP contribution in [0.4, 0.5) is 0 Å². The summed E-state index contributed by atoms with van der Waals surface area (Å²) in [4.78, 5) is 12.0. The van der Waals surface area contributed by atoms with Gasteiger partial charge in [-0.3, -0.25) is 9.88 Å². The third-order valence-corrected chi connectivity index (χ3v) is 3.95. The highest BCUT2D eigenvalue weighted by atomic mass is 32.2. The van der Waals surface area contributed by atoms with Gasteiger partial charge in [-0.1, -0.05) is 9.39 Å². The molecule has 1 amide bonds. The molecule has 1 aliphatic heterocycles. The van der Waals surface area contributed by atoms with Crippen molar-refractivity contribution in [2.24, 2.45) is 5.10 Å². The Balaban J connectivity index is 2.61. The topological polar surface area (TPSA) is 78.8 Å². The van der Waals surface area contributed by atoms with Crippen LogP contribution in [0.5, 0.6) is 0 Å². The highest BCUT2D eigenvalue weighted by molar-refractivity contribution is 7.90. The van der Waals surface area contributed by atoms with Gasteiger partial charge in [-0.25, -0.2) is 13.4 Å². The largest absolute Gasteiger partial charge is 0.289 e. The summed E-state index contributed by atoms with van der Waals surface area (Å²) in [5, 5.41) is 8.16. The van der Waals surface area contributed by atoms with Gasteiger partial charge in [-0.05, 0) is 13.3 Å². The van der Waals surface area contributed by atoms with Crippen molar-refractivity contribution in [3.8, 4) is 0 Å². The van der Waals surface area contributed by atoms with Crippen LogP contribution in [0.25, 0.3) is 0 Å². The van der Waals surface area contributed by atoms with Gasteiger partial charge in [0, 0.05) is 18.9 Å². The zero-order valence-corrected chi connectivity index (χ0v) is 11.9. The lowest BCUT2D eigenvalue weighted by Gasteiger charge is -2.23. The van der Waals surface area contributed by atoms with Crippen molar-refractivity contribution < 1.29 is 13.2 Å². The molecule has 0 aromatic carbocycles. The number of nitrogens with zero attached hydrogens (tertiary/aromatic N) is 2. The molecule has 1 rings (SSSR count). The molecule has 1 aliphatic rings. The van der Waals surface area contributed by atoms with Crippen LogP contribution in [0.3, 0.4) is 0 Å². The fourth-order valence-electron chi connectivity index (χ4n) is 1.55. The van der Waals surface area contributed by atoms with E-state index in [0.29, 0.717) is 0 Å². The molecule has 8 heteroatoms. The molecule has 0 radical (unpaired) electrons. The second-order valence-corrected chi connectivity index (χ2v) is 6.80. The number of carbonyl (C=O) groups is 1. The van der Waals surface area contributed by atoms with Crippen LogP contribution in [-0.2, 0) is 14.6 Å². The van der Waals surface area contributed by atoms with E-state index in [1.807, 2.05) is 6.92 Å². The van der Waals surface area contributed by atoms with Crippen LogP contribution in [0.15, 0.2) is 5.10 Å². The lowest BCUT2D eigenvalue weighted by molar-refractivity contribution is -0.134. The standard InChI is InChI=1S/C9H18N3O3PS/c1-7-3-5-10-12(7)9(13)8(11-16)4-6-17(2,14)15/h5,7-8,11H,3-4,6,16H2,1-2H3. The highest BCUT2D eigenvalue weighted by Gasteiger charge is 2.29. The SMILES string of the molecule is CC1CC=NN1C(=O)C(CCS(C)(=O)=O)NP. The molecule has 0 bridgehead atoms. The third kappa shape index (κ3) is 4.33. The van der Waals surface area contributed by atoms with Crippen molar-refractivity contribution in [3.63, 3.8) is 0 Å². The molecular weight excluding hydrogens is 261 g/mol. The summed E-state index contributed by atoms with van der Waals surface area (Å²) in [5.74, 6) is -0.207. The van der Waals surface area contributed by atoms with Gasteiger partial charge >= 0.3 is 0 Å². The summed E-state index contributed by atoms with van der Waals surface area (Å²) in [6.45, 7) is 1.90. The third-order valence-electron chi connectivity index (χ3n) is 2.57. The molecule has 0 aromatic heterocycles. The molecule has 17 heavy (non-hydrogen) atoms. The number of nitrogens with one attached hydrogen (secondary N) is 1. The van der Waals surface area contributed by atoms with Crippen molar-refractivity contribution in [1.29, 1.82) is 0 Å². The Hall–Kier alpha value is -0.520. The maximum atomic E-state index is 12.0. The minimum absolute atomic E-state index is 0.0171. The Labute approximate surface area is 104 Å². The molecule has 3 atom stereocenters. The molecule has 98 valence electrons. The van der Waals surface area contributed by atoms with E-state index in [2.05, 4.69) is 19.6 Å². The second-order valence-electron chi connectivity index (χ2n) is 4.20. The lowest BCUT2D eigenvalue weighted by atomic mass is 10.2. The minimum Gasteiger partial charge on any atom is -0.289 e. The molecule has 0 saturated heterocycles. The first-order chi connectivity index (χ1) is 7.85. The summed E-state index contributed by atoms with van der Waals surface area (Å²) in [5.41, 5.74) is 0. The van der Waals surface area contributed by atoms with Crippen LogP contribution in [0.1, 0.15) is 19.8 Å². The average Bonchev–Trinajstić information content (AvgIpc) is 2.63. The zero-order valence-electron chi connectivity index (χ0n) is 9.96. The fraction of sp³-hybridized carbons (Fsp3) is 0.778. The molecule has 1 heterocycles. The van der Waals surface area contributed by atoms with E-state index in [4.69, 9.17) is 0 Å². The van der Waals surface area contributed by atoms with Gasteiger partial charge in [0.1, 0.15) is 9.84 Å². The van der Waals surface area contributed by atoms with Gasteiger partial charge in [0.05, 0.1) is 17.8 Å². The molecule has 0 aliphatic carbocycles. The Morgan fingerprint density at radius 3 is 2.76 bits per heavy atom. The molecule has 6 nitrogen and oxygen atoms in total. The predicted molar refractivity (Wildman–Crippen MR) is 70.4 cm³/mol. The Kier molecular flexibility index (Phi) is 5.04. The van der Waals surface area contributed by atoms with Gasteiger partial charge in [0.15, 0.2) is 0 Å². The van der Waals surface area contributed by atoms with Crippen molar-refractivity contribution in [3.05, 3.63) is 0 Å². The highest BCUT2D eigenvalue weighted by Crippen LogP contribution is 2.13. The summed E-state index contributed by atoms with van der Waals surface area (Å²) in [6, 6.07) is -0.492. The normalized spacial score (nSPS) is 21.8. The average molecular weight is 279 g/mol. The number of hydrogen-bond acceptors (Lipinski definition) is 5. The Bertz CT molecular complexity index is 410. The number of hydrazone groups is 1. The predicted octanol–water partition coefficient (Wildman–Crippen LogP) is -0.224. The number of carbonyl (C=O) groups excluding carboxylic acids is 1. The first kappa shape index (κ1) is 14.5. The number of hydrogen-bond donors (Lipinski definition) is 1. The Morgan fingerprint density at radius 2 is 2.35 bits per heavy atom. The Morgan fingerprint density at radius 1 is 1.71 bits per heavy atom. The van der Waals surface area contributed by atoms with E-state index in [9.17, 15) is 13.2 Å². The summed E-state index contributed by atoms with van der Waals surface area (Å²) >= 11 is 0. The van der Waals surface area contributed by atoms with Crippen molar-refractivity contribution >= 4 is 31.3 Å². The van der Waals surface area contributed by atoms with Crippen molar-refractivity contribution in [2.45, 2.75) is 31.8 Å².